The van der Waals surface area contributed by atoms with Crippen LogP contribution < -0.4 is 10.1 Å². The van der Waals surface area contributed by atoms with E-state index in [4.69, 9.17) is 9.47 Å². The van der Waals surface area contributed by atoms with Crippen LogP contribution in [0, 0.1) is 0 Å². The minimum atomic E-state index is -0.309. The third-order valence-electron chi connectivity index (χ3n) is 4.78. The summed E-state index contributed by atoms with van der Waals surface area (Å²) in [5, 5.41) is 13.4. The molecule has 2 aromatic carbocycles. The summed E-state index contributed by atoms with van der Waals surface area (Å²) in [6.07, 6.45) is 1.52. The van der Waals surface area contributed by atoms with E-state index in [0.717, 1.165) is 24.1 Å². The zero-order valence-corrected chi connectivity index (χ0v) is 14.5. The van der Waals surface area contributed by atoms with Crippen LogP contribution in [0.25, 0.3) is 0 Å². The number of nitrogens with one attached hydrogen (secondary N) is 1. The number of phenolic OH excluding ortho intramolecular Hbond substituents is 1. The second kappa shape index (κ2) is 6.73. The van der Waals surface area contributed by atoms with Crippen LogP contribution in [0.5, 0.6) is 11.5 Å². The van der Waals surface area contributed by atoms with E-state index in [9.17, 15) is 5.11 Å². The van der Waals surface area contributed by atoms with E-state index in [-0.39, 0.29) is 17.6 Å². The van der Waals surface area contributed by atoms with Crippen molar-refractivity contribution >= 4 is 5.69 Å². The quantitative estimate of drug-likeness (QED) is 0.816. The fraction of sp³-hybridized carbons (Fsp3) is 0.400. The highest BCUT2D eigenvalue weighted by Crippen LogP contribution is 2.46. The fourth-order valence-electron chi connectivity index (χ4n) is 3.38. The monoisotopic (exact) mass is 327 g/mol. The normalized spacial score (nSPS) is 18.5. The van der Waals surface area contributed by atoms with E-state index in [1.54, 1.807) is 6.07 Å². The van der Waals surface area contributed by atoms with Crippen molar-refractivity contribution in [3.63, 3.8) is 0 Å². The lowest BCUT2D eigenvalue weighted by Crippen LogP contribution is -2.37. The Hall–Kier alpha value is -2.20. The predicted molar refractivity (Wildman–Crippen MR) is 95.4 cm³/mol. The number of para-hydroxylation sites is 1. The molecule has 4 heteroatoms. The Labute approximate surface area is 143 Å². The fourth-order valence-corrected chi connectivity index (χ4v) is 3.38. The molecule has 24 heavy (non-hydrogen) atoms. The topological polar surface area (TPSA) is 50.7 Å². The van der Waals surface area contributed by atoms with Crippen LogP contribution in [0.1, 0.15) is 51.0 Å². The Bertz CT molecular complexity index is 710. The molecule has 0 bridgehead atoms. The second-order valence-corrected chi connectivity index (χ2v) is 6.05. The number of fused-ring (bicyclic) bond motifs is 1. The molecule has 1 aliphatic heterocycles. The van der Waals surface area contributed by atoms with Gasteiger partial charge in [0, 0.05) is 16.8 Å². The molecule has 4 nitrogen and oxygen atoms in total. The number of rotatable bonds is 5. The van der Waals surface area contributed by atoms with Gasteiger partial charge in [0.25, 0.3) is 0 Å². The van der Waals surface area contributed by atoms with Crippen molar-refractivity contribution in [2.45, 2.75) is 45.4 Å². The number of benzene rings is 2. The number of ether oxygens (including phenoxy) is 2. The SMILES string of the molecule is CCOc1cc(C2Nc3ccccc3C(CC)(CC)O2)ccc1O. The summed E-state index contributed by atoms with van der Waals surface area (Å²) in [6, 6.07) is 13.7. The first-order chi connectivity index (χ1) is 11.6. The first-order valence-electron chi connectivity index (χ1n) is 8.63. The average molecular weight is 327 g/mol. The second-order valence-electron chi connectivity index (χ2n) is 6.05. The van der Waals surface area contributed by atoms with Crippen LogP contribution in [0.2, 0.25) is 0 Å². The van der Waals surface area contributed by atoms with Crippen LogP contribution in [-0.2, 0) is 10.3 Å². The van der Waals surface area contributed by atoms with Crippen LogP contribution >= 0.6 is 0 Å². The molecule has 0 radical (unpaired) electrons. The highest BCUT2D eigenvalue weighted by molar-refractivity contribution is 5.57. The third-order valence-corrected chi connectivity index (χ3v) is 4.78. The minimum absolute atomic E-state index is 0.147. The number of hydrogen-bond acceptors (Lipinski definition) is 4. The van der Waals surface area contributed by atoms with Gasteiger partial charge in [0.1, 0.15) is 0 Å². The van der Waals surface area contributed by atoms with Crippen molar-refractivity contribution in [3.8, 4) is 11.5 Å². The van der Waals surface area contributed by atoms with Gasteiger partial charge in [-0.15, -0.1) is 0 Å². The van der Waals surface area contributed by atoms with Gasteiger partial charge in [-0.3, -0.25) is 0 Å². The smallest absolute Gasteiger partial charge is 0.161 e. The van der Waals surface area contributed by atoms with E-state index < -0.39 is 0 Å². The minimum Gasteiger partial charge on any atom is -0.504 e. The van der Waals surface area contributed by atoms with Gasteiger partial charge in [0.05, 0.1) is 12.2 Å². The summed E-state index contributed by atoms with van der Waals surface area (Å²) >= 11 is 0. The van der Waals surface area contributed by atoms with E-state index in [1.807, 2.05) is 25.1 Å². The molecule has 128 valence electrons. The van der Waals surface area contributed by atoms with Crippen molar-refractivity contribution in [3.05, 3.63) is 53.6 Å². The van der Waals surface area contributed by atoms with Crippen LogP contribution in [-0.4, -0.2) is 11.7 Å². The van der Waals surface area contributed by atoms with Crippen molar-refractivity contribution < 1.29 is 14.6 Å². The van der Waals surface area contributed by atoms with Gasteiger partial charge in [-0.1, -0.05) is 38.1 Å². The predicted octanol–water partition coefficient (Wildman–Crippen LogP) is 4.95. The summed E-state index contributed by atoms with van der Waals surface area (Å²) in [5.41, 5.74) is 2.94. The molecule has 1 unspecified atom stereocenters. The summed E-state index contributed by atoms with van der Waals surface area (Å²) in [7, 11) is 0. The largest absolute Gasteiger partial charge is 0.504 e. The van der Waals surface area contributed by atoms with Crippen LogP contribution in [0.4, 0.5) is 5.69 Å². The first-order valence-corrected chi connectivity index (χ1v) is 8.63. The molecule has 2 N–H and O–H groups in total. The molecule has 1 heterocycles. The van der Waals surface area contributed by atoms with Gasteiger partial charge in [0.15, 0.2) is 17.7 Å². The van der Waals surface area contributed by atoms with Crippen LogP contribution in [0.15, 0.2) is 42.5 Å². The summed E-state index contributed by atoms with van der Waals surface area (Å²) in [4.78, 5) is 0. The number of hydrogen-bond donors (Lipinski definition) is 2. The Morgan fingerprint density at radius 2 is 1.88 bits per heavy atom. The number of phenols is 1. The summed E-state index contributed by atoms with van der Waals surface area (Å²) in [6.45, 7) is 6.72. The zero-order chi connectivity index (χ0) is 17.2. The maximum atomic E-state index is 9.93. The standard InChI is InChI=1S/C20H25NO3/c1-4-20(5-2)15-9-7-8-10-16(15)21-19(24-20)14-11-12-17(22)18(13-14)23-6-3/h7-13,19,21-22H,4-6H2,1-3H3. The van der Waals surface area contributed by atoms with Gasteiger partial charge in [-0.05, 0) is 38.0 Å². The molecule has 0 saturated carbocycles. The highest BCUT2D eigenvalue weighted by atomic mass is 16.5. The number of aromatic hydroxyl groups is 1. The molecule has 1 atom stereocenters. The molecule has 0 aliphatic carbocycles. The molecule has 1 aliphatic rings. The van der Waals surface area contributed by atoms with Gasteiger partial charge in [-0.25, -0.2) is 0 Å². The lowest BCUT2D eigenvalue weighted by Gasteiger charge is -2.43. The summed E-state index contributed by atoms with van der Waals surface area (Å²) < 4.78 is 12.0. The maximum absolute atomic E-state index is 9.93. The van der Waals surface area contributed by atoms with Crippen molar-refractivity contribution in [2.24, 2.45) is 0 Å². The van der Waals surface area contributed by atoms with E-state index >= 15 is 0 Å². The Balaban J connectivity index is 2.01. The Morgan fingerprint density at radius 1 is 1.12 bits per heavy atom. The maximum Gasteiger partial charge on any atom is 0.161 e. The molecule has 2 aromatic rings. The van der Waals surface area contributed by atoms with Crippen molar-refractivity contribution in [1.82, 2.24) is 0 Å². The lowest BCUT2D eigenvalue weighted by atomic mass is 9.85. The van der Waals surface area contributed by atoms with Crippen molar-refractivity contribution in [1.29, 1.82) is 0 Å². The highest BCUT2D eigenvalue weighted by Gasteiger charge is 2.39. The molecular weight excluding hydrogens is 302 g/mol. The molecule has 3 rings (SSSR count). The Morgan fingerprint density at radius 3 is 2.58 bits per heavy atom. The Kier molecular flexibility index (Phi) is 4.67. The van der Waals surface area contributed by atoms with Gasteiger partial charge >= 0.3 is 0 Å². The molecule has 0 amide bonds. The average Bonchev–Trinajstić information content (AvgIpc) is 2.62. The lowest BCUT2D eigenvalue weighted by molar-refractivity contribution is -0.103. The summed E-state index contributed by atoms with van der Waals surface area (Å²) in [5.74, 6) is 0.631. The van der Waals surface area contributed by atoms with E-state index in [1.165, 1.54) is 5.56 Å². The molecular formula is C20H25NO3. The first kappa shape index (κ1) is 16.7. The molecule has 0 saturated heterocycles. The number of anilines is 1. The molecule has 0 fully saturated rings. The van der Waals surface area contributed by atoms with E-state index in [0.29, 0.717) is 12.4 Å². The van der Waals surface area contributed by atoms with Gasteiger partial charge < -0.3 is 19.9 Å². The van der Waals surface area contributed by atoms with E-state index in [2.05, 4.69) is 37.4 Å². The van der Waals surface area contributed by atoms with Crippen LogP contribution in [0.3, 0.4) is 0 Å². The molecule has 0 aromatic heterocycles. The zero-order valence-electron chi connectivity index (χ0n) is 14.5. The molecule has 0 spiro atoms. The van der Waals surface area contributed by atoms with Crippen molar-refractivity contribution in [2.75, 3.05) is 11.9 Å². The van der Waals surface area contributed by atoms with Gasteiger partial charge in [-0.2, -0.15) is 0 Å². The third kappa shape index (κ3) is 2.82. The van der Waals surface area contributed by atoms with Gasteiger partial charge in [0.2, 0.25) is 0 Å².